The molecule has 6 heteroatoms. The first-order valence-corrected chi connectivity index (χ1v) is 8.62. The van der Waals surface area contributed by atoms with Gasteiger partial charge in [-0.3, -0.25) is 4.79 Å². The van der Waals surface area contributed by atoms with Crippen molar-refractivity contribution in [1.29, 1.82) is 0 Å². The number of rotatable bonds is 7. The van der Waals surface area contributed by atoms with E-state index in [1.54, 1.807) is 13.3 Å². The fourth-order valence-electron chi connectivity index (χ4n) is 3.81. The minimum absolute atomic E-state index is 0.241. The summed E-state index contributed by atoms with van der Waals surface area (Å²) < 4.78 is 7.09. The standard InChI is InChI=1S/C17H28N4O2/c1-20-10-9-19-15(20)13-21(16(22)4-3-11-23-2)14-12-17(14)5-7-18-8-6-17/h9-10,14,18H,3-8,11-13H2,1-2H3. The molecule has 1 saturated carbocycles. The molecule has 1 N–H and O–H groups in total. The van der Waals surface area contributed by atoms with Gasteiger partial charge >= 0.3 is 0 Å². The molecule has 1 amide bonds. The zero-order valence-electron chi connectivity index (χ0n) is 14.3. The van der Waals surface area contributed by atoms with E-state index in [-0.39, 0.29) is 5.91 Å². The molecule has 1 aliphatic heterocycles. The van der Waals surface area contributed by atoms with Crippen molar-refractivity contribution >= 4 is 5.91 Å². The Kier molecular flexibility index (Phi) is 5.02. The van der Waals surface area contributed by atoms with Crippen LogP contribution in [0.15, 0.2) is 12.4 Å². The summed E-state index contributed by atoms with van der Waals surface area (Å²) in [5, 5.41) is 3.43. The van der Waals surface area contributed by atoms with E-state index in [0.717, 1.165) is 31.8 Å². The molecule has 0 bridgehead atoms. The predicted molar refractivity (Wildman–Crippen MR) is 87.8 cm³/mol. The Hall–Kier alpha value is -1.40. The van der Waals surface area contributed by atoms with Crippen molar-refractivity contribution in [3.63, 3.8) is 0 Å². The topological polar surface area (TPSA) is 59.4 Å². The molecule has 2 aliphatic rings. The molecular weight excluding hydrogens is 292 g/mol. The van der Waals surface area contributed by atoms with E-state index in [9.17, 15) is 4.79 Å². The van der Waals surface area contributed by atoms with E-state index >= 15 is 0 Å². The summed E-state index contributed by atoms with van der Waals surface area (Å²) >= 11 is 0. The first-order valence-electron chi connectivity index (χ1n) is 8.62. The van der Waals surface area contributed by atoms with E-state index in [1.165, 1.54) is 12.8 Å². The van der Waals surface area contributed by atoms with Gasteiger partial charge in [-0.05, 0) is 44.2 Å². The summed E-state index contributed by atoms with van der Waals surface area (Å²) in [6, 6.07) is 0.386. The van der Waals surface area contributed by atoms with Gasteiger partial charge < -0.3 is 19.5 Å². The smallest absolute Gasteiger partial charge is 0.223 e. The minimum Gasteiger partial charge on any atom is -0.385 e. The van der Waals surface area contributed by atoms with E-state index < -0.39 is 0 Å². The van der Waals surface area contributed by atoms with E-state index in [1.807, 2.05) is 17.8 Å². The largest absolute Gasteiger partial charge is 0.385 e. The number of carbonyl (C=O) groups is 1. The molecule has 1 spiro atoms. The zero-order chi connectivity index (χ0) is 16.3. The van der Waals surface area contributed by atoms with Crippen molar-refractivity contribution in [2.24, 2.45) is 12.5 Å². The third-order valence-electron chi connectivity index (χ3n) is 5.41. The van der Waals surface area contributed by atoms with Crippen LogP contribution in [0.5, 0.6) is 0 Å². The molecule has 1 unspecified atom stereocenters. The fourth-order valence-corrected chi connectivity index (χ4v) is 3.81. The first kappa shape index (κ1) is 16.5. The van der Waals surface area contributed by atoms with Gasteiger partial charge in [-0.2, -0.15) is 0 Å². The molecule has 2 heterocycles. The number of nitrogens with zero attached hydrogens (tertiary/aromatic N) is 3. The van der Waals surface area contributed by atoms with E-state index in [2.05, 4.69) is 15.2 Å². The van der Waals surface area contributed by atoms with Gasteiger partial charge in [0.1, 0.15) is 5.82 Å². The molecule has 6 nitrogen and oxygen atoms in total. The Bertz CT molecular complexity index is 536. The van der Waals surface area contributed by atoms with Gasteiger partial charge in [0, 0.05) is 45.6 Å². The lowest BCUT2D eigenvalue weighted by Crippen LogP contribution is -2.39. The van der Waals surface area contributed by atoms with Crippen LogP contribution >= 0.6 is 0 Å². The highest BCUT2D eigenvalue weighted by Gasteiger charge is 2.57. The van der Waals surface area contributed by atoms with Crippen LogP contribution < -0.4 is 5.32 Å². The summed E-state index contributed by atoms with van der Waals surface area (Å²) in [5.41, 5.74) is 0.354. The number of aromatic nitrogens is 2. The van der Waals surface area contributed by atoms with Crippen molar-refractivity contribution in [2.75, 3.05) is 26.8 Å². The third-order valence-corrected chi connectivity index (χ3v) is 5.41. The van der Waals surface area contributed by atoms with Gasteiger partial charge in [-0.1, -0.05) is 0 Å². The van der Waals surface area contributed by atoms with Crippen LogP contribution in [-0.2, 0) is 23.1 Å². The number of amides is 1. The second kappa shape index (κ2) is 7.01. The maximum Gasteiger partial charge on any atom is 0.223 e. The summed E-state index contributed by atoms with van der Waals surface area (Å²) in [6.07, 6.45) is 8.60. The van der Waals surface area contributed by atoms with Crippen LogP contribution in [-0.4, -0.2) is 53.2 Å². The van der Waals surface area contributed by atoms with Gasteiger partial charge in [-0.15, -0.1) is 0 Å². The van der Waals surface area contributed by atoms with Gasteiger partial charge in [0.15, 0.2) is 0 Å². The maximum absolute atomic E-state index is 12.8. The molecule has 1 atom stereocenters. The van der Waals surface area contributed by atoms with Crippen LogP contribution in [0.4, 0.5) is 0 Å². The summed E-state index contributed by atoms with van der Waals surface area (Å²) in [6.45, 7) is 3.41. The number of methoxy groups -OCH3 is 1. The monoisotopic (exact) mass is 320 g/mol. The molecule has 0 radical (unpaired) electrons. The van der Waals surface area contributed by atoms with Crippen molar-refractivity contribution in [3.05, 3.63) is 18.2 Å². The van der Waals surface area contributed by atoms with Gasteiger partial charge in [0.2, 0.25) is 5.91 Å². The molecule has 1 aromatic heterocycles. The molecule has 2 fully saturated rings. The van der Waals surface area contributed by atoms with E-state index in [4.69, 9.17) is 4.74 Å². The Labute approximate surface area is 138 Å². The lowest BCUT2D eigenvalue weighted by atomic mass is 9.93. The van der Waals surface area contributed by atoms with Crippen molar-refractivity contribution < 1.29 is 9.53 Å². The van der Waals surface area contributed by atoms with Gasteiger partial charge in [0.25, 0.3) is 0 Å². The van der Waals surface area contributed by atoms with Gasteiger partial charge in [0.05, 0.1) is 6.54 Å². The number of aryl methyl sites for hydroxylation is 1. The third kappa shape index (κ3) is 3.58. The average Bonchev–Trinajstić information content (AvgIpc) is 3.06. The summed E-state index contributed by atoms with van der Waals surface area (Å²) in [4.78, 5) is 19.3. The van der Waals surface area contributed by atoms with Crippen LogP contribution in [0, 0.1) is 5.41 Å². The molecule has 128 valence electrons. The highest BCUT2D eigenvalue weighted by Crippen LogP contribution is 2.56. The lowest BCUT2D eigenvalue weighted by molar-refractivity contribution is -0.133. The molecular formula is C17H28N4O2. The fraction of sp³-hybridized carbons (Fsp3) is 0.765. The van der Waals surface area contributed by atoms with Crippen molar-refractivity contribution in [3.8, 4) is 0 Å². The second-order valence-electron chi connectivity index (χ2n) is 6.90. The molecule has 0 aromatic carbocycles. The minimum atomic E-state index is 0.241. The Morgan fingerprint density at radius 2 is 2.30 bits per heavy atom. The van der Waals surface area contributed by atoms with Crippen LogP contribution in [0.1, 0.15) is 37.9 Å². The Morgan fingerprint density at radius 3 is 2.96 bits per heavy atom. The zero-order valence-corrected chi connectivity index (χ0v) is 14.3. The number of nitrogens with one attached hydrogen (secondary N) is 1. The SMILES string of the molecule is COCCCC(=O)N(Cc1nccn1C)C1CC12CCNCC2. The number of piperidine rings is 1. The molecule has 3 rings (SSSR count). The van der Waals surface area contributed by atoms with Crippen LogP contribution in [0.25, 0.3) is 0 Å². The number of hydrogen-bond acceptors (Lipinski definition) is 4. The number of hydrogen-bond donors (Lipinski definition) is 1. The maximum atomic E-state index is 12.8. The highest BCUT2D eigenvalue weighted by molar-refractivity contribution is 5.77. The predicted octanol–water partition coefficient (Wildman–Crippen LogP) is 1.32. The van der Waals surface area contributed by atoms with Gasteiger partial charge in [-0.25, -0.2) is 4.98 Å². The summed E-state index contributed by atoms with van der Waals surface area (Å²) in [7, 11) is 3.67. The quantitative estimate of drug-likeness (QED) is 0.770. The van der Waals surface area contributed by atoms with Crippen molar-refractivity contribution in [2.45, 2.75) is 44.7 Å². The molecule has 1 saturated heterocycles. The number of ether oxygens (including phenoxy) is 1. The lowest BCUT2D eigenvalue weighted by Gasteiger charge is -2.29. The van der Waals surface area contributed by atoms with Crippen LogP contribution in [0.3, 0.4) is 0 Å². The van der Waals surface area contributed by atoms with Crippen LogP contribution in [0.2, 0.25) is 0 Å². The number of imidazole rings is 1. The van der Waals surface area contributed by atoms with Crippen molar-refractivity contribution in [1.82, 2.24) is 19.8 Å². The van der Waals surface area contributed by atoms with E-state index in [0.29, 0.717) is 31.0 Å². The number of carbonyl (C=O) groups excluding carboxylic acids is 1. The molecule has 1 aromatic rings. The Morgan fingerprint density at radius 1 is 1.52 bits per heavy atom. The normalized spacial score (nSPS) is 22.3. The first-order chi connectivity index (χ1) is 11.2. The summed E-state index contributed by atoms with van der Waals surface area (Å²) in [5.74, 6) is 1.20. The second-order valence-corrected chi connectivity index (χ2v) is 6.90. The average molecular weight is 320 g/mol. The molecule has 23 heavy (non-hydrogen) atoms. The Balaban J connectivity index is 1.69. The highest BCUT2D eigenvalue weighted by atomic mass is 16.5. The molecule has 1 aliphatic carbocycles.